The van der Waals surface area contributed by atoms with Crippen LogP contribution in [-0.4, -0.2) is 6.29 Å². The average molecular weight is 191 g/mol. The van der Waals surface area contributed by atoms with Crippen LogP contribution in [0, 0.1) is 5.92 Å². The van der Waals surface area contributed by atoms with E-state index in [2.05, 4.69) is 22.5 Å². The van der Waals surface area contributed by atoms with Crippen LogP contribution in [0.5, 0.6) is 0 Å². The van der Waals surface area contributed by atoms with E-state index in [0.717, 1.165) is 17.2 Å². The molecule has 0 saturated carbocycles. The molecule has 0 aliphatic carbocycles. The summed E-state index contributed by atoms with van der Waals surface area (Å²) in [7, 11) is 0. The lowest BCUT2D eigenvalue weighted by atomic mass is 10.0. The summed E-state index contributed by atoms with van der Waals surface area (Å²) in [4.78, 5) is 10.0. The molecule has 0 spiro atoms. The Kier molecular flexibility index (Phi) is 4.68. The number of hydrogen-bond donors (Lipinski definition) is 0. The topological polar surface area (TPSA) is 17.1 Å². The normalized spacial score (nSPS) is 12.7. The van der Waals surface area contributed by atoms with Crippen molar-refractivity contribution in [3.05, 3.63) is 11.1 Å². The third-order valence-electron chi connectivity index (χ3n) is 1.32. The van der Waals surface area contributed by atoms with Crippen LogP contribution >= 0.6 is 15.9 Å². The van der Waals surface area contributed by atoms with Gasteiger partial charge in [-0.25, -0.2) is 0 Å². The van der Waals surface area contributed by atoms with Crippen LogP contribution in [0.1, 0.15) is 19.8 Å². The minimum atomic E-state index is 0.322. The number of carbonyl (C=O) groups excluding carboxylic acids is 1. The number of carbonyl (C=O) groups is 1. The van der Waals surface area contributed by atoms with Crippen LogP contribution in [0.2, 0.25) is 0 Å². The zero-order valence-corrected chi connectivity index (χ0v) is 7.15. The number of aldehydes is 1. The summed E-state index contributed by atoms with van der Waals surface area (Å²) in [5.74, 6) is 0.322. The van der Waals surface area contributed by atoms with Gasteiger partial charge in [-0.3, -0.25) is 0 Å². The summed E-state index contributed by atoms with van der Waals surface area (Å²) in [5.41, 5.74) is 0. The second-order valence-corrected chi connectivity index (χ2v) is 2.97. The lowest BCUT2D eigenvalue weighted by molar-refractivity contribution is -0.108. The molecular weight excluding hydrogens is 180 g/mol. The molecule has 0 aliphatic heterocycles. The molecule has 0 bridgehead atoms. The Hall–Kier alpha value is -0.110. The maximum atomic E-state index is 10.0. The average Bonchev–Trinajstić information content (AvgIpc) is 1.82. The van der Waals surface area contributed by atoms with Gasteiger partial charge in [0.2, 0.25) is 0 Å². The minimum Gasteiger partial charge on any atom is -0.303 e. The molecule has 1 atom stereocenters. The molecule has 0 aromatic rings. The van der Waals surface area contributed by atoms with Crippen LogP contribution in [0.25, 0.3) is 0 Å². The molecule has 0 aromatic carbocycles. The van der Waals surface area contributed by atoms with Gasteiger partial charge in [0.05, 0.1) is 0 Å². The molecule has 0 amide bonds. The first-order chi connectivity index (χ1) is 4.22. The van der Waals surface area contributed by atoms with Crippen LogP contribution in [0.15, 0.2) is 11.1 Å². The molecule has 0 fully saturated rings. The minimum absolute atomic E-state index is 0.322. The molecule has 0 radical (unpaired) electrons. The highest BCUT2D eigenvalue weighted by molar-refractivity contribution is 9.11. The summed E-state index contributed by atoms with van der Waals surface area (Å²) >= 11 is 3.25. The van der Waals surface area contributed by atoms with Gasteiger partial charge in [-0.15, -0.1) is 0 Å². The monoisotopic (exact) mass is 190 g/mol. The van der Waals surface area contributed by atoms with Crippen LogP contribution < -0.4 is 0 Å². The van der Waals surface area contributed by atoms with Gasteiger partial charge < -0.3 is 4.79 Å². The van der Waals surface area contributed by atoms with Crippen molar-refractivity contribution < 1.29 is 4.79 Å². The van der Waals surface area contributed by atoms with Gasteiger partial charge in [-0.1, -0.05) is 29.4 Å². The fourth-order valence-electron chi connectivity index (χ4n) is 0.632. The van der Waals surface area contributed by atoms with E-state index in [1.165, 1.54) is 0 Å². The van der Waals surface area contributed by atoms with E-state index >= 15 is 0 Å². The molecule has 0 heterocycles. The van der Waals surface area contributed by atoms with Gasteiger partial charge in [0.25, 0.3) is 0 Å². The smallest absolute Gasteiger partial charge is 0.120 e. The van der Waals surface area contributed by atoms with E-state index in [0.29, 0.717) is 12.3 Å². The van der Waals surface area contributed by atoms with Crippen molar-refractivity contribution in [1.82, 2.24) is 0 Å². The first kappa shape index (κ1) is 8.89. The Morgan fingerprint density at radius 1 is 1.89 bits per heavy atom. The highest BCUT2D eigenvalue weighted by Crippen LogP contribution is 2.20. The van der Waals surface area contributed by atoms with Crippen LogP contribution in [0.4, 0.5) is 0 Å². The van der Waals surface area contributed by atoms with Gasteiger partial charge in [0.15, 0.2) is 0 Å². The summed E-state index contributed by atoms with van der Waals surface area (Å²) in [6.45, 7) is 5.74. The Morgan fingerprint density at radius 3 is 2.56 bits per heavy atom. The molecule has 2 heteroatoms. The molecular formula is C7H11BrO. The lowest BCUT2D eigenvalue weighted by Crippen LogP contribution is -1.97. The molecule has 0 N–H and O–H groups in total. The van der Waals surface area contributed by atoms with E-state index in [-0.39, 0.29) is 0 Å². The standard InChI is InChI=1S/C7H11BrO/c1-3-7(4-5-9)6(2)8/h5,7H,2-4H2,1H3/t7-/m0/s1. The van der Waals surface area contributed by atoms with Crippen molar-refractivity contribution in [2.45, 2.75) is 19.8 Å². The maximum absolute atomic E-state index is 10.0. The first-order valence-corrected chi connectivity index (χ1v) is 3.79. The van der Waals surface area contributed by atoms with Crippen molar-refractivity contribution in [3.8, 4) is 0 Å². The summed E-state index contributed by atoms with van der Waals surface area (Å²) < 4.78 is 0.928. The largest absolute Gasteiger partial charge is 0.303 e. The van der Waals surface area contributed by atoms with E-state index in [1.54, 1.807) is 0 Å². The highest BCUT2D eigenvalue weighted by atomic mass is 79.9. The molecule has 1 nitrogen and oxygen atoms in total. The Bertz CT molecular complexity index is 109. The van der Waals surface area contributed by atoms with E-state index < -0.39 is 0 Å². The van der Waals surface area contributed by atoms with Crippen LogP contribution in [-0.2, 0) is 4.79 Å². The summed E-state index contributed by atoms with van der Waals surface area (Å²) in [5, 5.41) is 0. The number of halogens is 1. The Labute approximate surface area is 64.3 Å². The molecule has 0 aliphatic rings. The summed E-state index contributed by atoms with van der Waals surface area (Å²) in [6, 6.07) is 0. The fourth-order valence-corrected chi connectivity index (χ4v) is 1.14. The van der Waals surface area contributed by atoms with Gasteiger partial charge in [0, 0.05) is 6.42 Å². The molecule has 0 saturated heterocycles. The molecule has 9 heavy (non-hydrogen) atoms. The van der Waals surface area contributed by atoms with E-state index in [4.69, 9.17) is 0 Å². The van der Waals surface area contributed by atoms with Crippen molar-refractivity contribution >= 4 is 22.2 Å². The quantitative estimate of drug-likeness (QED) is 0.624. The maximum Gasteiger partial charge on any atom is 0.120 e. The summed E-state index contributed by atoms with van der Waals surface area (Å²) in [6.07, 6.45) is 2.49. The van der Waals surface area contributed by atoms with Crippen LogP contribution in [0.3, 0.4) is 0 Å². The zero-order chi connectivity index (χ0) is 7.28. The first-order valence-electron chi connectivity index (χ1n) is 3.00. The van der Waals surface area contributed by atoms with Gasteiger partial charge in [0.1, 0.15) is 6.29 Å². The van der Waals surface area contributed by atoms with E-state index in [1.807, 2.05) is 6.92 Å². The predicted octanol–water partition coefficient (Wildman–Crippen LogP) is 2.51. The second-order valence-electron chi connectivity index (χ2n) is 1.95. The highest BCUT2D eigenvalue weighted by Gasteiger charge is 2.05. The van der Waals surface area contributed by atoms with Crippen molar-refractivity contribution in [2.75, 3.05) is 0 Å². The van der Waals surface area contributed by atoms with E-state index in [9.17, 15) is 4.79 Å². The molecule has 52 valence electrons. The predicted molar refractivity (Wildman–Crippen MR) is 42.5 cm³/mol. The van der Waals surface area contributed by atoms with Crippen molar-refractivity contribution in [1.29, 1.82) is 0 Å². The lowest BCUT2D eigenvalue weighted by Gasteiger charge is -2.07. The number of allylic oxidation sites excluding steroid dienone is 1. The molecule has 0 unspecified atom stereocenters. The SMILES string of the molecule is C=C(Br)[C@@H](CC)CC=O. The second kappa shape index (κ2) is 4.74. The molecule has 0 rings (SSSR count). The number of hydrogen-bond acceptors (Lipinski definition) is 1. The molecule has 0 aromatic heterocycles. The van der Waals surface area contributed by atoms with Gasteiger partial charge >= 0.3 is 0 Å². The number of rotatable bonds is 4. The third kappa shape index (κ3) is 3.46. The third-order valence-corrected chi connectivity index (χ3v) is 1.96. The zero-order valence-electron chi connectivity index (χ0n) is 5.56. The van der Waals surface area contributed by atoms with Crippen molar-refractivity contribution in [2.24, 2.45) is 5.92 Å². The Balaban J connectivity index is 3.67. The van der Waals surface area contributed by atoms with Crippen molar-refractivity contribution in [3.63, 3.8) is 0 Å². The van der Waals surface area contributed by atoms with Gasteiger partial charge in [-0.05, 0) is 16.8 Å². The van der Waals surface area contributed by atoms with Gasteiger partial charge in [-0.2, -0.15) is 0 Å². The fraction of sp³-hybridized carbons (Fsp3) is 0.571. The Morgan fingerprint density at radius 2 is 2.44 bits per heavy atom.